The molecule has 0 N–H and O–H groups in total. The second-order valence-electron chi connectivity index (χ2n) is 10.4. The van der Waals surface area contributed by atoms with Crippen molar-refractivity contribution in [3.63, 3.8) is 0 Å². The van der Waals surface area contributed by atoms with Gasteiger partial charge in [-0.05, 0) is 18.8 Å². The Hall–Kier alpha value is 0. The third-order valence-corrected chi connectivity index (χ3v) is 7.25. The van der Waals surface area contributed by atoms with Crippen molar-refractivity contribution in [2.75, 3.05) is 0 Å². The van der Waals surface area contributed by atoms with Gasteiger partial charge in [0.2, 0.25) is 0 Å². The fraction of sp³-hybridized carbons (Fsp3) is 0.967. The predicted octanol–water partition coefficient (Wildman–Crippen LogP) is 11.5. The lowest BCUT2D eigenvalue weighted by Crippen LogP contribution is -2.08. The highest BCUT2D eigenvalue weighted by molar-refractivity contribution is 4.69. The second-order valence-corrected chi connectivity index (χ2v) is 10.4. The SMILES string of the molecule is [CH2]C(CCCCCCCCCCCCCC)C(C)CCCCCCCCCCCC. The van der Waals surface area contributed by atoms with E-state index in [0.717, 1.165) is 5.92 Å². The molecule has 0 aliphatic rings. The van der Waals surface area contributed by atoms with Crippen LogP contribution in [0.5, 0.6) is 0 Å². The molecule has 0 heteroatoms. The van der Waals surface area contributed by atoms with Crippen molar-refractivity contribution in [2.45, 2.75) is 175 Å². The van der Waals surface area contributed by atoms with Crippen molar-refractivity contribution in [3.8, 4) is 0 Å². The Bertz CT molecular complexity index is 294. The summed E-state index contributed by atoms with van der Waals surface area (Å²) in [5.41, 5.74) is 0. The van der Waals surface area contributed by atoms with Crippen LogP contribution in [-0.2, 0) is 0 Å². The summed E-state index contributed by atoms with van der Waals surface area (Å²) in [5, 5.41) is 0. The van der Waals surface area contributed by atoms with Gasteiger partial charge in [0, 0.05) is 0 Å². The van der Waals surface area contributed by atoms with Crippen LogP contribution in [-0.4, -0.2) is 0 Å². The molecule has 0 rings (SSSR count). The minimum absolute atomic E-state index is 0.687. The van der Waals surface area contributed by atoms with Crippen LogP contribution in [0.2, 0.25) is 0 Å². The van der Waals surface area contributed by atoms with Gasteiger partial charge < -0.3 is 0 Å². The van der Waals surface area contributed by atoms with Crippen molar-refractivity contribution < 1.29 is 0 Å². The lowest BCUT2D eigenvalue weighted by Gasteiger charge is -2.19. The largest absolute Gasteiger partial charge is 0.0654 e. The van der Waals surface area contributed by atoms with E-state index in [1.54, 1.807) is 0 Å². The molecule has 0 saturated heterocycles. The predicted molar refractivity (Wildman–Crippen MR) is 140 cm³/mol. The molecule has 0 aliphatic heterocycles. The number of rotatable bonds is 25. The van der Waals surface area contributed by atoms with Crippen LogP contribution in [0.25, 0.3) is 0 Å². The standard InChI is InChI=1S/C30H61/c1-5-7-9-11-13-15-17-18-20-22-24-26-28-30(4)29(3)27-25-23-21-19-16-14-12-10-8-6-2/h29-30H,4-28H2,1-3H3. The van der Waals surface area contributed by atoms with E-state index in [2.05, 4.69) is 27.7 Å². The smallest absolute Gasteiger partial charge is 0.0388 e. The Balaban J connectivity index is 3.29. The molecule has 0 saturated carbocycles. The van der Waals surface area contributed by atoms with Crippen molar-refractivity contribution >= 4 is 0 Å². The third-order valence-electron chi connectivity index (χ3n) is 7.25. The Morgan fingerprint density at radius 2 is 0.667 bits per heavy atom. The van der Waals surface area contributed by atoms with E-state index < -0.39 is 0 Å². The van der Waals surface area contributed by atoms with Gasteiger partial charge in [-0.2, -0.15) is 0 Å². The molecule has 0 nitrogen and oxygen atoms in total. The molecule has 2 unspecified atom stereocenters. The molecule has 0 amide bonds. The lowest BCUT2D eigenvalue weighted by atomic mass is 9.86. The van der Waals surface area contributed by atoms with Crippen molar-refractivity contribution in [1.82, 2.24) is 0 Å². The second kappa shape index (κ2) is 25.3. The van der Waals surface area contributed by atoms with E-state index in [4.69, 9.17) is 0 Å². The first kappa shape index (κ1) is 30.0. The normalized spacial score (nSPS) is 13.6. The van der Waals surface area contributed by atoms with E-state index >= 15 is 0 Å². The van der Waals surface area contributed by atoms with E-state index in [9.17, 15) is 0 Å². The molecular formula is C30H61. The Morgan fingerprint density at radius 3 is 1.00 bits per heavy atom. The zero-order valence-corrected chi connectivity index (χ0v) is 21.8. The quantitative estimate of drug-likeness (QED) is 0.128. The number of hydrogen-bond donors (Lipinski definition) is 0. The van der Waals surface area contributed by atoms with Gasteiger partial charge in [0.05, 0.1) is 0 Å². The summed E-state index contributed by atoms with van der Waals surface area (Å²) in [6, 6.07) is 0. The van der Waals surface area contributed by atoms with Gasteiger partial charge >= 0.3 is 0 Å². The van der Waals surface area contributed by atoms with E-state index in [1.165, 1.54) is 154 Å². The topological polar surface area (TPSA) is 0 Å². The van der Waals surface area contributed by atoms with Crippen LogP contribution in [0.1, 0.15) is 175 Å². The molecular weight excluding hydrogens is 360 g/mol. The molecule has 0 fully saturated rings. The minimum atomic E-state index is 0.687. The van der Waals surface area contributed by atoms with Crippen molar-refractivity contribution in [1.29, 1.82) is 0 Å². The van der Waals surface area contributed by atoms with Gasteiger partial charge in [-0.1, -0.05) is 175 Å². The van der Waals surface area contributed by atoms with Crippen LogP contribution >= 0.6 is 0 Å². The first-order chi connectivity index (χ1) is 14.7. The van der Waals surface area contributed by atoms with Crippen molar-refractivity contribution in [2.24, 2.45) is 11.8 Å². The molecule has 0 aromatic rings. The minimum Gasteiger partial charge on any atom is -0.0654 e. The van der Waals surface area contributed by atoms with E-state index in [-0.39, 0.29) is 0 Å². The maximum atomic E-state index is 4.49. The fourth-order valence-electron chi connectivity index (χ4n) is 4.72. The molecule has 0 aromatic heterocycles. The van der Waals surface area contributed by atoms with Crippen LogP contribution in [0, 0.1) is 18.8 Å². The van der Waals surface area contributed by atoms with Crippen LogP contribution in [0.15, 0.2) is 0 Å². The Morgan fingerprint density at radius 1 is 0.400 bits per heavy atom. The highest BCUT2D eigenvalue weighted by Crippen LogP contribution is 2.24. The molecule has 0 bridgehead atoms. The Labute approximate surface area is 193 Å². The summed E-state index contributed by atoms with van der Waals surface area (Å²) in [6.45, 7) is 11.5. The van der Waals surface area contributed by atoms with Crippen LogP contribution < -0.4 is 0 Å². The summed E-state index contributed by atoms with van der Waals surface area (Å²) < 4.78 is 0. The maximum Gasteiger partial charge on any atom is -0.0388 e. The van der Waals surface area contributed by atoms with Crippen LogP contribution in [0.4, 0.5) is 0 Å². The highest BCUT2D eigenvalue weighted by Gasteiger charge is 2.11. The Kier molecular flexibility index (Phi) is 25.3. The molecule has 0 heterocycles. The molecule has 181 valence electrons. The van der Waals surface area contributed by atoms with E-state index in [1.807, 2.05) is 0 Å². The zero-order chi connectivity index (χ0) is 22.1. The molecule has 1 radical (unpaired) electrons. The van der Waals surface area contributed by atoms with Gasteiger partial charge in [0.15, 0.2) is 0 Å². The van der Waals surface area contributed by atoms with Gasteiger partial charge in [0.1, 0.15) is 0 Å². The number of hydrogen-bond acceptors (Lipinski definition) is 0. The summed E-state index contributed by atoms with van der Waals surface area (Å²) in [5.74, 6) is 1.51. The molecule has 0 spiro atoms. The van der Waals surface area contributed by atoms with Crippen molar-refractivity contribution in [3.05, 3.63) is 6.92 Å². The molecule has 0 aliphatic carbocycles. The summed E-state index contributed by atoms with van der Waals surface area (Å²) >= 11 is 0. The maximum absolute atomic E-state index is 4.49. The average molecular weight is 422 g/mol. The highest BCUT2D eigenvalue weighted by atomic mass is 14.2. The zero-order valence-electron chi connectivity index (χ0n) is 21.8. The summed E-state index contributed by atoms with van der Waals surface area (Å²) in [4.78, 5) is 0. The van der Waals surface area contributed by atoms with E-state index in [0.29, 0.717) is 5.92 Å². The summed E-state index contributed by atoms with van der Waals surface area (Å²) in [6.07, 6.45) is 34.6. The average Bonchev–Trinajstić information content (AvgIpc) is 2.75. The van der Waals surface area contributed by atoms with Gasteiger partial charge in [-0.15, -0.1) is 0 Å². The first-order valence-electron chi connectivity index (χ1n) is 14.5. The lowest BCUT2D eigenvalue weighted by molar-refractivity contribution is 0.350. The molecule has 30 heavy (non-hydrogen) atoms. The third kappa shape index (κ3) is 22.7. The van der Waals surface area contributed by atoms with Gasteiger partial charge in [-0.3, -0.25) is 0 Å². The fourth-order valence-corrected chi connectivity index (χ4v) is 4.72. The summed E-state index contributed by atoms with van der Waals surface area (Å²) in [7, 11) is 0. The van der Waals surface area contributed by atoms with Crippen LogP contribution in [0.3, 0.4) is 0 Å². The van der Waals surface area contributed by atoms with Gasteiger partial charge in [0.25, 0.3) is 0 Å². The molecule has 0 aromatic carbocycles. The van der Waals surface area contributed by atoms with Gasteiger partial charge in [-0.25, -0.2) is 0 Å². The monoisotopic (exact) mass is 421 g/mol. The molecule has 2 atom stereocenters. The first-order valence-corrected chi connectivity index (χ1v) is 14.5. The number of unbranched alkanes of at least 4 members (excludes halogenated alkanes) is 20.